The highest BCUT2D eigenvalue weighted by molar-refractivity contribution is 6.04. The van der Waals surface area contributed by atoms with E-state index >= 15 is 0 Å². The number of hydrogen-bond donors (Lipinski definition) is 2. The standard InChI is InChI=1S/C18H20N4O3/c23-15-10-19-11-20-17-16(15)22(12-21-17)9-5-4-8-14(18(24)25)13-6-2-1-3-7-13/h1-3,6-7,11-12,14H,4-5,8-10H2,(H,19,20)(H,24,25). The van der Waals surface area contributed by atoms with Gasteiger partial charge >= 0.3 is 5.97 Å². The van der Waals surface area contributed by atoms with Crippen LogP contribution in [0.1, 0.15) is 41.2 Å². The summed E-state index contributed by atoms with van der Waals surface area (Å²) in [4.78, 5) is 31.8. The molecule has 0 saturated heterocycles. The van der Waals surface area contributed by atoms with E-state index in [2.05, 4.69) is 15.3 Å². The van der Waals surface area contributed by atoms with Crippen molar-refractivity contribution in [1.82, 2.24) is 9.55 Å². The number of carboxylic acid groups (broad SMARTS) is 1. The maximum Gasteiger partial charge on any atom is 0.310 e. The van der Waals surface area contributed by atoms with Gasteiger partial charge in [0.25, 0.3) is 0 Å². The van der Waals surface area contributed by atoms with Gasteiger partial charge in [-0.15, -0.1) is 0 Å². The highest BCUT2D eigenvalue weighted by Gasteiger charge is 2.21. The van der Waals surface area contributed by atoms with E-state index in [1.54, 1.807) is 6.33 Å². The number of imidazole rings is 1. The predicted octanol–water partition coefficient (Wildman–Crippen LogP) is 2.56. The van der Waals surface area contributed by atoms with Crippen LogP contribution < -0.4 is 5.32 Å². The molecule has 0 spiro atoms. The van der Waals surface area contributed by atoms with Crippen molar-refractivity contribution >= 4 is 23.9 Å². The second-order valence-corrected chi connectivity index (χ2v) is 5.97. The van der Waals surface area contributed by atoms with Gasteiger partial charge in [-0.2, -0.15) is 0 Å². The van der Waals surface area contributed by atoms with Gasteiger partial charge < -0.3 is 15.0 Å². The summed E-state index contributed by atoms with van der Waals surface area (Å²) < 4.78 is 1.82. The van der Waals surface area contributed by atoms with Crippen LogP contribution in [0.25, 0.3) is 0 Å². The minimum absolute atomic E-state index is 0.0681. The molecule has 2 aromatic rings. The van der Waals surface area contributed by atoms with Crippen molar-refractivity contribution in [2.75, 3.05) is 11.9 Å². The van der Waals surface area contributed by atoms with Crippen LogP contribution in [-0.4, -0.2) is 39.3 Å². The van der Waals surface area contributed by atoms with Gasteiger partial charge in [-0.1, -0.05) is 36.8 Å². The third-order valence-electron chi connectivity index (χ3n) is 4.27. The minimum Gasteiger partial charge on any atom is -0.481 e. The molecule has 25 heavy (non-hydrogen) atoms. The zero-order chi connectivity index (χ0) is 17.6. The summed E-state index contributed by atoms with van der Waals surface area (Å²) in [6.07, 6.45) is 5.20. The van der Waals surface area contributed by atoms with E-state index in [9.17, 15) is 14.7 Å². The first kappa shape index (κ1) is 16.9. The van der Waals surface area contributed by atoms with E-state index in [1.165, 1.54) is 6.34 Å². The maximum atomic E-state index is 12.1. The molecule has 1 aromatic carbocycles. The SMILES string of the molecule is O=C1CN=CNc2ncn(CCCCC(C(=O)O)c3ccccc3)c21. The molecule has 130 valence electrons. The number of carbonyl (C=O) groups is 2. The summed E-state index contributed by atoms with van der Waals surface area (Å²) >= 11 is 0. The fraction of sp³-hybridized carbons (Fsp3) is 0.333. The lowest BCUT2D eigenvalue weighted by Crippen LogP contribution is -2.13. The Bertz CT molecular complexity index is 783. The third kappa shape index (κ3) is 3.93. The number of aliphatic imine (C=N–C) groups is 1. The van der Waals surface area contributed by atoms with Crippen molar-refractivity contribution in [2.24, 2.45) is 4.99 Å². The number of Topliss-reactive ketones (excluding diaryl/α,β-unsaturated/α-hetero) is 1. The number of fused-ring (bicyclic) bond motifs is 1. The number of carbonyl (C=O) groups excluding carboxylic acids is 1. The summed E-state index contributed by atoms with van der Waals surface area (Å²) in [5.74, 6) is -0.850. The lowest BCUT2D eigenvalue weighted by atomic mass is 9.94. The molecule has 0 bridgehead atoms. The van der Waals surface area contributed by atoms with E-state index in [1.807, 2.05) is 34.9 Å². The van der Waals surface area contributed by atoms with Crippen LogP contribution in [0, 0.1) is 0 Å². The molecule has 2 N–H and O–H groups in total. The van der Waals surface area contributed by atoms with Crippen LogP contribution in [0.3, 0.4) is 0 Å². The van der Waals surface area contributed by atoms with Crippen molar-refractivity contribution < 1.29 is 14.7 Å². The van der Waals surface area contributed by atoms with Gasteiger partial charge in [-0.25, -0.2) is 4.98 Å². The highest BCUT2D eigenvalue weighted by atomic mass is 16.4. The first-order chi connectivity index (χ1) is 12.2. The summed E-state index contributed by atoms with van der Waals surface area (Å²) in [5.41, 5.74) is 1.36. The summed E-state index contributed by atoms with van der Waals surface area (Å²) in [6.45, 7) is 0.734. The van der Waals surface area contributed by atoms with Gasteiger partial charge in [0.2, 0.25) is 5.78 Å². The first-order valence-electron chi connectivity index (χ1n) is 8.27. The van der Waals surface area contributed by atoms with Gasteiger partial charge in [-0.3, -0.25) is 14.6 Å². The number of rotatable bonds is 7. The van der Waals surface area contributed by atoms with Crippen LogP contribution >= 0.6 is 0 Å². The lowest BCUT2D eigenvalue weighted by Gasteiger charge is -2.13. The van der Waals surface area contributed by atoms with Crippen molar-refractivity contribution in [3.63, 3.8) is 0 Å². The number of unbranched alkanes of at least 4 members (excludes halogenated alkanes) is 1. The molecule has 3 rings (SSSR count). The minimum atomic E-state index is -0.806. The number of nitrogens with one attached hydrogen (secondary N) is 1. The first-order valence-corrected chi connectivity index (χ1v) is 8.27. The van der Waals surface area contributed by atoms with E-state index in [4.69, 9.17) is 0 Å². The smallest absolute Gasteiger partial charge is 0.310 e. The number of anilines is 1. The second-order valence-electron chi connectivity index (χ2n) is 5.97. The number of ketones is 1. The van der Waals surface area contributed by atoms with Crippen LogP contribution in [-0.2, 0) is 11.3 Å². The van der Waals surface area contributed by atoms with Crippen molar-refractivity contribution in [2.45, 2.75) is 31.7 Å². The quantitative estimate of drug-likeness (QED) is 0.755. The Morgan fingerprint density at radius 2 is 2.08 bits per heavy atom. The van der Waals surface area contributed by atoms with E-state index in [0.29, 0.717) is 24.5 Å². The molecule has 1 atom stereocenters. The monoisotopic (exact) mass is 340 g/mol. The molecule has 7 heteroatoms. The molecular weight excluding hydrogens is 320 g/mol. The van der Waals surface area contributed by atoms with Gasteiger partial charge in [-0.05, 0) is 18.4 Å². The third-order valence-corrected chi connectivity index (χ3v) is 4.27. The molecule has 1 unspecified atom stereocenters. The van der Waals surface area contributed by atoms with Crippen molar-refractivity contribution in [3.8, 4) is 0 Å². The topological polar surface area (TPSA) is 96.6 Å². The number of carboxylic acids is 1. The van der Waals surface area contributed by atoms with Gasteiger partial charge in [0.1, 0.15) is 12.2 Å². The molecule has 0 amide bonds. The number of nitrogens with zero attached hydrogens (tertiary/aromatic N) is 3. The van der Waals surface area contributed by atoms with Gasteiger partial charge in [0.05, 0.1) is 18.6 Å². The van der Waals surface area contributed by atoms with E-state index in [0.717, 1.165) is 18.4 Å². The molecule has 0 fully saturated rings. The Hall–Kier alpha value is -2.96. The lowest BCUT2D eigenvalue weighted by molar-refractivity contribution is -0.139. The number of aromatic nitrogens is 2. The van der Waals surface area contributed by atoms with Crippen LogP contribution in [0.2, 0.25) is 0 Å². The number of aryl methyl sites for hydroxylation is 1. The Labute approximate surface area is 145 Å². The number of benzene rings is 1. The number of aliphatic carboxylic acids is 1. The average Bonchev–Trinajstić information content (AvgIpc) is 2.92. The fourth-order valence-electron chi connectivity index (χ4n) is 3.01. The van der Waals surface area contributed by atoms with Gasteiger partial charge in [0.15, 0.2) is 5.82 Å². The fourth-order valence-corrected chi connectivity index (χ4v) is 3.01. The van der Waals surface area contributed by atoms with Crippen LogP contribution in [0.4, 0.5) is 5.82 Å². The second kappa shape index (κ2) is 7.74. The molecule has 1 aromatic heterocycles. The van der Waals surface area contributed by atoms with E-state index in [-0.39, 0.29) is 12.3 Å². The largest absolute Gasteiger partial charge is 0.481 e. The molecule has 0 saturated carbocycles. The van der Waals surface area contributed by atoms with Crippen molar-refractivity contribution in [1.29, 1.82) is 0 Å². The molecule has 0 aliphatic carbocycles. The Morgan fingerprint density at radius 1 is 1.28 bits per heavy atom. The normalized spacial score (nSPS) is 14.5. The van der Waals surface area contributed by atoms with Crippen LogP contribution in [0.15, 0.2) is 41.7 Å². The molecule has 1 aliphatic heterocycles. The average molecular weight is 340 g/mol. The molecule has 7 nitrogen and oxygen atoms in total. The summed E-state index contributed by atoms with van der Waals surface area (Å²) in [5, 5.41) is 12.4. The van der Waals surface area contributed by atoms with Crippen molar-refractivity contribution in [3.05, 3.63) is 47.9 Å². The summed E-state index contributed by atoms with van der Waals surface area (Å²) in [7, 11) is 0. The Balaban J connectivity index is 1.58. The molecular formula is C18H20N4O3. The van der Waals surface area contributed by atoms with Crippen LogP contribution in [0.5, 0.6) is 0 Å². The predicted molar refractivity (Wildman–Crippen MR) is 94.2 cm³/mol. The summed E-state index contributed by atoms with van der Waals surface area (Å²) in [6, 6.07) is 9.28. The van der Waals surface area contributed by atoms with Gasteiger partial charge in [0, 0.05) is 6.54 Å². The Kier molecular flexibility index (Phi) is 5.23. The molecule has 1 aliphatic rings. The van der Waals surface area contributed by atoms with E-state index < -0.39 is 11.9 Å². The zero-order valence-corrected chi connectivity index (χ0v) is 13.8. The maximum absolute atomic E-state index is 12.1. The molecule has 0 radical (unpaired) electrons. The highest BCUT2D eigenvalue weighted by Crippen LogP contribution is 2.23. The Morgan fingerprint density at radius 3 is 2.84 bits per heavy atom. The molecule has 2 heterocycles. The zero-order valence-electron chi connectivity index (χ0n) is 13.8. The number of hydrogen-bond acceptors (Lipinski definition) is 5.